The summed E-state index contributed by atoms with van der Waals surface area (Å²) < 4.78 is 10.6. The van der Waals surface area contributed by atoms with Crippen molar-refractivity contribution in [3.05, 3.63) is 23.6 Å². The molecule has 1 N–H and O–H groups in total. The topological polar surface area (TPSA) is 60.5 Å². The Morgan fingerprint density at radius 2 is 2.14 bits per heavy atom. The number of amides is 1. The lowest BCUT2D eigenvalue weighted by atomic mass is 10.1. The van der Waals surface area contributed by atoms with Crippen LogP contribution in [-0.4, -0.2) is 29.9 Å². The molecule has 0 fully saturated rings. The molecule has 0 aliphatic heterocycles. The minimum absolute atomic E-state index is 0.131. The Kier molecular flexibility index (Phi) is 5.19. The van der Waals surface area contributed by atoms with Crippen LogP contribution < -0.4 is 14.8 Å². The molecule has 0 saturated carbocycles. The number of nitrogens with one attached hydrogen (secondary N) is 1. The first-order chi connectivity index (χ1) is 10.0. The molecule has 5 nitrogen and oxygen atoms in total. The van der Waals surface area contributed by atoms with Crippen molar-refractivity contribution in [1.82, 2.24) is 4.98 Å². The highest BCUT2D eigenvalue weighted by molar-refractivity contribution is 9.10. The van der Waals surface area contributed by atoms with Gasteiger partial charge in [-0.1, -0.05) is 15.9 Å². The molecule has 0 aliphatic carbocycles. The highest BCUT2D eigenvalue weighted by atomic mass is 79.9. The first kappa shape index (κ1) is 15.8. The number of hydrogen-bond acceptors (Lipinski definition) is 5. The van der Waals surface area contributed by atoms with Gasteiger partial charge in [0, 0.05) is 10.9 Å². The van der Waals surface area contributed by atoms with Crippen LogP contribution in [0.3, 0.4) is 0 Å². The molecule has 1 aromatic carbocycles. The number of anilines is 1. The van der Waals surface area contributed by atoms with Gasteiger partial charge in [-0.3, -0.25) is 4.79 Å². The predicted octanol–water partition coefficient (Wildman–Crippen LogP) is 3.55. The second-order valence-corrected chi connectivity index (χ2v) is 6.44. The molecule has 2 aromatic rings. The van der Waals surface area contributed by atoms with Gasteiger partial charge in [-0.05, 0) is 25.1 Å². The number of nitrogens with zero attached hydrogens (tertiary/aromatic N) is 1. The monoisotopic (exact) mass is 370 g/mol. The van der Waals surface area contributed by atoms with Crippen molar-refractivity contribution in [2.45, 2.75) is 11.8 Å². The van der Waals surface area contributed by atoms with Gasteiger partial charge in [-0.2, -0.15) is 0 Å². The fraction of sp³-hybridized carbons (Fsp3) is 0.286. The van der Waals surface area contributed by atoms with E-state index in [1.54, 1.807) is 21.1 Å². The van der Waals surface area contributed by atoms with Gasteiger partial charge >= 0.3 is 0 Å². The number of ether oxygens (including phenoxy) is 2. The third kappa shape index (κ3) is 3.74. The van der Waals surface area contributed by atoms with Gasteiger partial charge in [0.2, 0.25) is 5.91 Å². The summed E-state index contributed by atoms with van der Waals surface area (Å²) in [5.74, 6) is 1.29. The average molecular weight is 371 g/mol. The van der Waals surface area contributed by atoms with Crippen molar-refractivity contribution < 1.29 is 14.3 Å². The molecular formula is C14H15BrN2O3S. The number of rotatable bonds is 5. The third-order valence-corrected chi connectivity index (χ3v) is 3.95. The summed E-state index contributed by atoms with van der Waals surface area (Å²) in [6.07, 6.45) is 0. The molecule has 1 amide bonds. The highest BCUT2D eigenvalue weighted by Gasteiger charge is 2.14. The van der Waals surface area contributed by atoms with Crippen molar-refractivity contribution >= 4 is 38.3 Å². The second kappa shape index (κ2) is 6.91. The van der Waals surface area contributed by atoms with E-state index < -0.39 is 0 Å². The number of aromatic nitrogens is 1. The number of carbonyl (C=O) groups is 1. The Morgan fingerprint density at radius 3 is 2.76 bits per heavy atom. The Morgan fingerprint density at radius 1 is 1.38 bits per heavy atom. The largest absolute Gasteiger partial charge is 0.497 e. The summed E-state index contributed by atoms with van der Waals surface area (Å²) in [7, 11) is 3.21. The quantitative estimate of drug-likeness (QED) is 0.817. The molecule has 1 aromatic heterocycles. The molecule has 1 heterocycles. The van der Waals surface area contributed by atoms with Crippen LogP contribution in [0.4, 0.5) is 5.13 Å². The Hall–Kier alpha value is -1.60. The maximum atomic E-state index is 11.6. The van der Waals surface area contributed by atoms with Gasteiger partial charge in [0.1, 0.15) is 11.5 Å². The first-order valence-electron chi connectivity index (χ1n) is 6.18. The van der Waals surface area contributed by atoms with Crippen molar-refractivity contribution in [3.8, 4) is 22.8 Å². The zero-order chi connectivity index (χ0) is 15.4. The smallest absolute Gasteiger partial charge is 0.239 e. The van der Waals surface area contributed by atoms with E-state index in [0.29, 0.717) is 10.9 Å². The van der Waals surface area contributed by atoms with Crippen LogP contribution in [0.25, 0.3) is 11.3 Å². The van der Waals surface area contributed by atoms with E-state index in [1.165, 1.54) is 11.3 Å². The third-order valence-electron chi connectivity index (χ3n) is 2.78. The van der Waals surface area contributed by atoms with E-state index in [2.05, 4.69) is 26.2 Å². The van der Waals surface area contributed by atoms with Gasteiger partial charge < -0.3 is 14.8 Å². The molecule has 21 heavy (non-hydrogen) atoms. The van der Waals surface area contributed by atoms with Crippen LogP contribution in [0.2, 0.25) is 0 Å². The maximum absolute atomic E-state index is 11.6. The number of carbonyl (C=O) groups excluding carboxylic acids is 1. The Bertz CT molecular complexity index is 643. The molecule has 0 saturated heterocycles. The van der Waals surface area contributed by atoms with E-state index in [1.807, 2.05) is 23.6 Å². The summed E-state index contributed by atoms with van der Waals surface area (Å²) in [6, 6.07) is 5.50. The van der Waals surface area contributed by atoms with Gasteiger partial charge in [0.25, 0.3) is 0 Å². The molecule has 0 bridgehead atoms. The number of thiazole rings is 1. The fourth-order valence-electron chi connectivity index (χ4n) is 1.67. The molecule has 1 unspecified atom stereocenters. The SMILES string of the molecule is COc1ccc(OC)c(-c2csc(NC(=O)C(C)Br)n2)c1. The van der Waals surface area contributed by atoms with E-state index >= 15 is 0 Å². The summed E-state index contributed by atoms with van der Waals surface area (Å²) in [6.45, 7) is 1.76. The van der Waals surface area contributed by atoms with Crippen LogP contribution in [0, 0.1) is 0 Å². The highest BCUT2D eigenvalue weighted by Crippen LogP contribution is 2.35. The van der Waals surface area contributed by atoms with Crippen LogP contribution in [-0.2, 0) is 4.79 Å². The molecule has 112 valence electrons. The number of methoxy groups -OCH3 is 2. The number of benzene rings is 1. The number of hydrogen-bond donors (Lipinski definition) is 1. The van der Waals surface area contributed by atoms with Crippen LogP contribution in [0.15, 0.2) is 23.6 Å². The normalized spacial score (nSPS) is 11.8. The molecular weight excluding hydrogens is 356 g/mol. The number of halogens is 1. The Balaban J connectivity index is 2.30. The number of alkyl halides is 1. The van der Waals surface area contributed by atoms with E-state index in [4.69, 9.17) is 9.47 Å². The Labute approximate surface area is 135 Å². The van der Waals surface area contributed by atoms with E-state index in [0.717, 1.165) is 17.0 Å². The van der Waals surface area contributed by atoms with Gasteiger partial charge in [-0.25, -0.2) is 4.98 Å². The lowest BCUT2D eigenvalue weighted by Crippen LogP contribution is -2.19. The van der Waals surface area contributed by atoms with Crippen LogP contribution in [0.1, 0.15) is 6.92 Å². The van der Waals surface area contributed by atoms with Crippen molar-refractivity contribution in [2.75, 3.05) is 19.5 Å². The van der Waals surface area contributed by atoms with E-state index in [-0.39, 0.29) is 10.7 Å². The minimum atomic E-state index is -0.267. The van der Waals surface area contributed by atoms with Crippen LogP contribution in [0.5, 0.6) is 11.5 Å². The summed E-state index contributed by atoms with van der Waals surface area (Å²) in [5, 5.41) is 5.16. The molecule has 7 heteroatoms. The first-order valence-corrected chi connectivity index (χ1v) is 7.97. The fourth-order valence-corrected chi connectivity index (χ4v) is 2.50. The van der Waals surface area contributed by atoms with E-state index in [9.17, 15) is 4.79 Å². The summed E-state index contributed by atoms with van der Waals surface area (Å²) in [5.41, 5.74) is 1.55. The van der Waals surface area contributed by atoms with Crippen molar-refractivity contribution in [2.24, 2.45) is 0 Å². The molecule has 2 rings (SSSR count). The van der Waals surface area contributed by atoms with Gasteiger partial charge in [0.05, 0.1) is 24.7 Å². The van der Waals surface area contributed by atoms with Crippen molar-refractivity contribution in [1.29, 1.82) is 0 Å². The molecule has 0 aliphatic rings. The lowest BCUT2D eigenvalue weighted by molar-refractivity contribution is -0.115. The standard InChI is InChI=1S/C14H15BrN2O3S/c1-8(15)13(18)17-14-16-11(7-21-14)10-6-9(19-2)4-5-12(10)20-3/h4-8H,1-3H3,(H,16,17,18). The zero-order valence-electron chi connectivity index (χ0n) is 11.8. The maximum Gasteiger partial charge on any atom is 0.239 e. The predicted molar refractivity (Wildman–Crippen MR) is 87.7 cm³/mol. The van der Waals surface area contributed by atoms with Crippen molar-refractivity contribution in [3.63, 3.8) is 0 Å². The molecule has 0 spiro atoms. The average Bonchev–Trinajstić information content (AvgIpc) is 2.94. The minimum Gasteiger partial charge on any atom is -0.497 e. The van der Waals surface area contributed by atoms with Gasteiger partial charge in [0.15, 0.2) is 5.13 Å². The van der Waals surface area contributed by atoms with Gasteiger partial charge in [-0.15, -0.1) is 11.3 Å². The zero-order valence-corrected chi connectivity index (χ0v) is 14.2. The second-order valence-electron chi connectivity index (χ2n) is 4.21. The summed E-state index contributed by atoms with van der Waals surface area (Å²) >= 11 is 4.58. The van der Waals surface area contributed by atoms with Crippen LogP contribution >= 0.6 is 27.3 Å². The lowest BCUT2D eigenvalue weighted by Gasteiger charge is -2.08. The molecule has 1 atom stereocenters. The summed E-state index contributed by atoms with van der Waals surface area (Å²) in [4.78, 5) is 15.8. The molecule has 0 radical (unpaired) electrons.